The van der Waals surface area contributed by atoms with Crippen molar-refractivity contribution in [2.24, 2.45) is 0 Å². The number of sulfonamides is 1. The topological polar surface area (TPSA) is 75.7 Å². The van der Waals surface area contributed by atoms with Crippen LogP contribution in [0.2, 0.25) is 0 Å². The Morgan fingerprint density at radius 1 is 1.25 bits per heavy atom. The van der Waals surface area contributed by atoms with E-state index >= 15 is 0 Å². The van der Waals surface area contributed by atoms with Crippen molar-refractivity contribution >= 4 is 27.3 Å². The summed E-state index contributed by atoms with van der Waals surface area (Å²) in [6.45, 7) is 5.59. The number of carbonyl (C=O) groups excluding carboxylic acids is 1. The van der Waals surface area contributed by atoms with Crippen molar-refractivity contribution in [1.29, 1.82) is 0 Å². The number of ether oxygens (including phenoxy) is 1. The zero-order chi connectivity index (χ0) is 20.7. The zero-order valence-electron chi connectivity index (χ0n) is 15.8. The molecule has 0 unspecified atom stereocenters. The van der Waals surface area contributed by atoms with E-state index in [9.17, 15) is 17.6 Å². The van der Waals surface area contributed by atoms with Gasteiger partial charge in [-0.25, -0.2) is 12.8 Å². The molecule has 0 fully saturated rings. The minimum Gasteiger partial charge on any atom is -0.490 e. The van der Waals surface area contributed by atoms with E-state index in [2.05, 4.69) is 11.9 Å². The van der Waals surface area contributed by atoms with Gasteiger partial charge >= 0.3 is 0 Å². The molecule has 8 heteroatoms. The highest BCUT2D eigenvalue weighted by atomic mass is 32.2. The van der Waals surface area contributed by atoms with Crippen molar-refractivity contribution in [3.8, 4) is 5.75 Å². The molecule has 0 bridgehead atoms. The van der Waals surface area contributed by atoms with Crippen LogP contribution in [0, 0.1) is 5.82 Å². The molecule has 0 aromatic heterocycles. The first-order chi connectivity index (χ1) is 13.3. The largest absolute Gasteiger partial charge is 0.490 e. The van der Waals surface area contributed by atoms with Gasteiger partial charge in [-0.05, 0) is 42.8 Å². The van der Waals surface area contributed by atoms with Gasteiger partial charge < -0.3 is 10.1 Å². The predicted octanol–water partition coefficient (Wildman–Crippen LogP) is 3.57. The van der Waals surface area contributed by atoms with Crippen LogP contribution in [0.3, 0.4) is 0 Å². The van der Waals surface area contributed by atoms with Crippen molar-refractivity contribution in [1.82, 2.24) is 0 Å². The number of nitrogens with zero attached hydrogens (tertiary/aromatic N) is 1. The summed E-state index contributed by atoms with van der Waals surface area (Å²) < 4.78 is 45.1. The van der Waals surface area contributed by atoms with Crippen LogP contribution in [0.15, 0.2) is 61.2 Å². The summed E-state index contributed by atoms with van der Waals surface area (Å²) >= 11 is 0. The molecule has 2 aromatic rings. The highest BCUT2D eigenvalue weighted by molar-refractivity contribution is 7.92. The molecule has 28 heavy (non-hydrogen) atoms. The van der Waals surface area contributed by atoms with Gasteiger partial charge in [0.25, 0.3) is 0 Å². The highest BCUT2D eigenvalue weighted by Gasteiger charge is 2.33. The van der Waals surface area contributed by atoms with Crippen molar-refractivity contribution in [3.63, 3.8) is 0 Å². The van der Waals surface area contributed by atoms with Crippen molar-refractivity contribution in [2.75, 3.05) is 22.5 Å². The number of hydrogen-bond acceptors (Lipinski definition) is 4. The van der Waals surface area contributed by atoms with E-state index in [1.165, 1.54) is 18.2 Å². The van der Waals surface area contributed by atoms with Gasteiger partial charge in [0.05, 0.1) is 11.9 Å². The average Bonchev–Trinajstić information content (AvgIpc) is 2.65. The van der Waals surface area contributed by atoms with E-state index in [1.54, 1.807) is 37.3 Å². The molecular weight excluding hydrogens is 383 g/mol. The molecule has 6 nitrogen and oxygen atoms in total. The van der Waals surface area contributed by atoms with Crippen LogP contribution < -0.4 is 14.4 Å². The summed E-state index contributed by atoms with van der Waals surface area (Å²) in [7, 11) is -3.90. The third-order valence-electron chi connectivity index (χ3n) is 3.91. The fourth-order valence-electron chi connectivity index (χ4n) is 2.68. The number of para-hydroxylation sites is 1. The third kappa shape index (κ3) is 5.32. The molecule has 1 N–H and O–H groups in total. The lowest BCUT2D eigenvalue weighted by molar-refractivity contribution is -0.117. The molecule has 0 aliphatic rings. The van der Waals surface area contributed by atoms with Crippen molar-refractivity contribution in [3.05, 3.63) is 67.0 Å². The van der Waals surface area contributed by atoms with Crippen LogP contribution in [-0.4, -0.2) is 33.2 Å². The molecule has 0 aliphatic carbocycles. The summed E-state index contributed by atoms with van der Waals surface area (Å²) in [6, 6.07) is 11.0. The summed E-state index contributed by atoms with van der Waals surface area (Å²) in [4.78, 5) is 12.8. The van der Waals surface area contributed by atoms with E-state index in [-0.39, 0.29) is 12.1 Å². The highest BCUT2D eigenvalue weighted by Crippen LogP contribution is 2.26. The monoisotopic (exact) mass is 406 g/mol. The second kappa shape index (κ2) is 9.36. The zero-order valence-corrected chi connectivity index (χ0v) is 16.6. The molecule has 0 saturated heterocycles. The minimum atomic E-state index is -3.90. The van der Waals surface area contributed by atoms with Crippen molar-refractivity contribution in [2.45, 2.75) is 19.4 Å². The Morgan fingerprint density at radius 3 is 2.43 bits per heavy atom. The molecule has 150 valence electrons. The molecular formula is C20H23FN2O4S. The van der Waals surface area contributed by atoms with Gasteiger partial charge in [-0.1, -0.05) is 31.7 Å². The molecule has 0 radical (unpaired) electrons. The first-order valence-corrected chi connectivity index (χ1v) is 10.5. The second-order valence-corrected chi connectivity index (χ2v) is 7.91. The Labute approximate surface area is 164 Å². The molecule has 1 amide bonds. The standard InChI is InChI=1S/C20H23FN2O4S/c1-4-14-27-16-12-10-15(11-13-16)22-20(24)18(5-2)23(28(3,25)26)19-9-7-6-8-17(19)21/h4,6-13,18H,1,5,14H2,2-3H3,(H,22,24)/t18-/m1/s1. The molecule has 1 atom stereocenters. The SMILES string of the molecule is C=CCOc1ccc(NC(=O)[C@@H](CC)N(c2ccccc2F)S(C)(=O)=O)cc1. The fourth-order valence-corrected chi connectivity index (χ4v) is 3.89. The number of rotatable bonds is 9. The molecule has 2 aromatic carbocycles. The maximum atomic E-state index is 14.2. The molecule has 2 rings (SSSR count). The van der Waals surface area contributed by atoms with Crippen LogP contribution in [0.25, 0.3) is 0 Å². The maximum Gasteiger partial charge on any atom is 0.248 e. The minimum absolute atomic E-state index is 0.160. The second-order valence-electron chi connectivity index (χ2n) is 6.05. The molecule has 0 saturated carbocycles. The predicted molar refractivity (Wildman–Crippen MR) is 109 cm³/mol. The average molecular weight is 406 g/mol. The van der Waals surface area contributed by atoms with Crippen molar-refractivity contribution < 1.29 is 22.3 Å². The summed E-state index contributed by atoms with van der Waals surface area (Å²) in [5, 5.41) is 2.67. The van der Waals surface area contributed by atoms with Gasteiger partial charge in [-0.15, -0.1) is 0 Å². The molecule has 0 spiro atoms. The maximum absolute atomic E-state index is 14.2. The van der Waals surface area contributed by atoms with E-state index < -0.39 is 27.8 Å². The lowest BCUT2D eigenvalue weighted by atomic mass is 10.1. The van der Waals surface area contributed by atoms with E-state index in [4.69, 9.17) is 4.74 Å². The fraction of sp³-hybridized carbons (Fsp3) is 0.250. The van der Waals surface area contributed by atoms with E-state index in [0.717, 1.165) is 16.6 Å². The number of carbonyl (C=O) groups is 1. The summed E-state index contributed by atoms with van der Waals surface area (Å²) in [5.41, 5.74) is 0.302. The smallest absolute Gasteiger partial charge is 0.248 e. The quantitative estimate of drug-likeness (QED) is 0.646. The Kier molecular flexibility index (Phi) is 7.17. The molecule has 0 aliphatic heterocycles. The van der Waals surface area contributed by atoms with Gasteiger partial charge in [0.1, 0.15) is 24.2 Å². The molecule has 0 heterocycles. The number of halogens is 1. The van der Waals surface area contributed by atoms with Gasteiger partial charge in [0.15, 0.2) is 0 Å². The number of anilines is 2. The Morgan fingerprint density at radius 2 is 1.89 bits per heavy atom. The Hall–Kier alpha value is -2.87. The van der Waals surface area contributed by atoms with Crippen LogP contribution in [-0.2, 0) is 14.8 Å². The Bertz CT molecular complexity index is 929. The number of amides is 1. The number of nitrogens with one attached hydrogen (secondary N) is 1. The Balaban J connectivity index is 2.27. The first kappa shape index (κ1) is 21.4. The lowest BCUT2D eigenvalue weighted by Crippen LogP contribution is -2.47. The first-order valence-electron chi connectivity index (χ1n) is 8.66. The lowest BCUT2D eigenvalue weighted by Gasteiger charge is -2.30. The van der Waals surface area contributed by atoms with Gasteiger partial charge in [0.2, 0.25) is 15.9 Å². The van der Waals surface area contributed by atoms with E-state index in [0.29, 0.717) is 18.0 Å². The number of hydrogen-bond donors (Lipinski definition) is 1. The van der Waals surface area contributed by atoms with Gasteiger partial charge in [0, 0.05) is 5.69 Å². The van der Waals surface area contributed by atoms with Crippen LogP contribution in [0.4, 0.5) is 15.8 Å². The normalized spacial score (nSPS) is 12.1. The number of benzene rings is 2. The third-order valence-corrected chi connectivity index (χ3v) is 5.08. The van der Waals surface area contributed by atoms with Crippen LogP contribution in [0.1, 0.15) is 13.3 Å². The van der Waals surface area contributed by atoms with Crippen LogP contribution in [0.5, 0.6) is 5.75 Å². The van der Waals surface area contributed by atoms with Gasteiger partial charge in [-0.3, -0.25) is 9.10 Å². The summed E-state index contributed by atoms with van der Waals surface area (Å²) in [5.74, 6) is -0.673. The summed E-state index contributed by atoms with van der Waals surface area (Å²) in [6.07, 6.45) is 2.72. The van der Waals surface area contributed by atoms with E-state index in [1.807, 2.05) is 0 Å². The van der Waals surface area contributed by atoms with Gasteiger partial charge in [-0.2, -0.15) is 0 Å². The van der Waals surface area contributed by atoms with Crippen LogP contribution >= 0.6 is 0 Å².